The van der Waals surface area contributed by atoms with Gasteiger partial charge in [-0.05, 0) is 56.8 Å². The molecule has 172 valence electrons. The quantitative estimate of drug-likeness (QED) is 0.160. The minimum Gasteiger partial charge on any atom is -0.460 e. The number of carbonyl (C=O) groups is 3. The Morgan fingerprint density at radius 1 is 1.17 bits per heavy atom. The Morgan fingerprint density at radius 2 is 1.90 bits per heavy atom. The van der Waals surface area contributed by atoms with Crippen LogP contribution in [0.3, 0.4) is 0 Å². The number of ether oxygens (including phenoxy) is 1. The van der Waals surface area contributed by atoms with Crippen LogP contribution >= 0.6 is 0 Å². The van der Waals surface area contributed by atoms with Crippen LogP contribution in [0.4, 0.5) is 0 Å². The number of Topliss-reactive ketones (excluding diaryl/α,β-unsaturated/α-hetero) is 2. The molecule has 1 saturated carbocycles. The molecule has 0 saturated heterocycles. The highest BCUT2D eigenvalue weighted by Gasteiger charge is 2.32. The largest absolute Gasteiger partial charge is 0.460 e. The zero-order valence-corrected chi connectivity index (χ0v) is 19.3. The van der Waals surface area contributed by atoms with Gasteiger partial charge in [-0.25, -0.2) is 4.79 Å². The second kappa shape index (κ2) is 14.5. The third-order valence-corrected chi connectivity index (χ3v) is 6.36. The first-order chi connectivity index (χ1) is 14.4. The van der Waals surface area contributed by atoms with E-state index in [1.807, 2.05) is 0 Å². The van der Waals surface area contributed by atoms with Crippen LogP contribution in [0, 0.1) is 17.3 Å². The van der Waals surface area contributed by atoms with Crippen molar-refractivity contribution < 1.29 is 24.2 Å². The van der Waals surface area contributed by atoms with E-state index in [4.69, 9.17) is 4.74 Å². The summed E-state index contributed by atoms with van der Waals surface area (Å²) in [6, 6.07) is 0. The number of carbonyl (C=O) groups excluding carboxylic acids is 3. The maximum atomic E-state index is 12.3. The zero-order chi connectivity index (χ0) is 22.4. The number of hydrogen-bond acceptors (Lipinski definition) is 5. The number of ketones is 2. The SMILES string of the molecule is CCCC(C)(CO)CCC=C[C@H]1CCC(=O)[C@@H]1CCCCCCC(=O)C(=O)OCC. The van der Waals surface area contributed by atoms with Gasteiger partial charge in [0.25, 0.3) is 0 Å². The summed E-state index contributed by atoms with van der Waals surface area (Å²) in [5.41, 5.74) is -0.00134. The summed E-state index contributed by atoms with van der Waals surface area (Å²) in [5, 5.41) is 9.63. The van der Waals surface area contributed by atoms with Gasteiger partial charge in [0.1, 0.15) is 5.78 Å². The van der Waals surface area contributed by atoms with Crippen molar-refractivity contribution in [1.82, 2.24) is 0 Å². The zero-order valence-electron chi connectivity index (χ0n) is 19.3. The lowest BCUT2D eigenvalue weighted by Crippen LogP contribution is -2.20. The molecule has 5 nitrogen and oxygen atoms in total. The standard InChI is InChI=1S/C25H42O5/c1-4-17-25(3,19-26)18-11-10-12-20-15-16-22(27)21(20)13-8-6-7-9-14-23(28)24(29)30-5-2/h10,12,20-21,26H,4-9,11,13-19H2,1-3H3/t20-,21+,25?/m0/s1. The van der Waals surface area contributed by atoms with Gasteiger partial charge in [0.15, 0.2) is 0 Å². The van der Waals surface area contributed by atoms with Crippen LogP contribution in [0.25, 0.3) is 0 Å². The first-order valence-electron chi connectivity index (χ1n) is 11.9. The molecule has 3 atom stereocenters. The number of aliphatic hydroxyl groups is 1. The van der Waals surface area contributed by atoms with Crippen LogP contribution in [0.1, 0.15) is 97.8 Å². The molecule has 0 radical (unpaired) electrons. The van der Waals surface area contributed by atoms with E-state index in [0.717, 1.165) is 57.8 Å². The Bertz CT molecular complexity index is 568. The van der Waals surface area contributed by atoms with Crippen LogP contribution in [-0.2, 0) is 19.1 Å². The average Bonchev–Trinajstić information content (AvgIpc) is 3.07. The molecule has 0 aromatic heterocycles. The maximum Gasteiger partial charge on any atom is 0.374 e. The van der Waals surface area contributed by atoms with E-state index in [1.165, 1.54) is 0 Å². The number of rotatable bonds is 16. The van der Waals surface area contributed by atoms with Gasteiger partial charge in [-0.2, -0.15) is 0 Å². The Hall–Kier alpha value is -1.49. The van der Waals surface area contributed by atoms with Gasteiger partial charge < -0.3 is 9.84 Å². The van der Waals surface area contributed by atoms with E-state index in [-0.39, 0.29) is 31.0 Å². The topological polar surface area (TPSA) is 80.7 Å². The number of aliphatic hydroxyl groups excluding tert-OH is 1. The number of hydrogen-bond donors (Lipinski definition) is 1. The lowest BCUT2D eigenvalue weighted by molar-refractivity contribution is -0.153. The third-order valence-electron chi connectivity index (χ3n) is 6.36. The van der Waals surface area contributed by atoms with E-state index in [1.54, 1.807) is 6.92 Å². The van der Waals surface area contributed by atoms with Crippen molar-refractivity contribution in [2.24, 2.45) is 17.3 Å². The molecule has 1 aliphatic carbocycles. The highest BCUT2D eigenvalue weighted by Crippen LogP contribution is 2.34. The third kappa shape index (κ3) is 9.55. The molecule has 1 unspecified atom stereocenters. The predicted octanol–water partition coefficient (Wildman–Crippen LogP) is 5.19. The molecule has 0 amide bonds. The number of allylic oxidation sites excluding steroid dienone is 2. The van der Waals surface area contributed by atoms with Crippen molar-refractivity contribution >= 4 is 17.5 Å². The second-order valence-corrected chi connectivity index (χ2v) is 9.06. The van der Waals surface area contributed by atoms with Crippen LogP contribution in [0.5, 0.6) is 0 Å². The monoisotopic (exact) mass is 422 g/mol. The van der Waals surface area contributed by atoms with Gasteiger partial charge >= 0.3 is 5.97 Å². The molecular weight excluding hydrogens is 380 g/mol. The lowest BCUT2D eigenvalue weighted by atomic mass is 9.81. The molecule has 1 rings (SSSR count). The van der Waals surface area contributed by atoms with Crippen molar-refractivity contribution in [1.29, 1.82) is 0 Å². The fourth-order valence-corrected chi connectivity index (χ4v) is 4.45. The molecule has 1 aliphatic rings. The lowest BCUT2D eigenvalue weighted by Gasteiger charge is -2.26. The number of unbranched alkanes of at least 4 members (excludes halogenated alkanes) is 3. The Labute approximate surface area is 182 Å². The highest BCUT2D eigenvalue weighted by atomic mass is 16.5. The molecule has 1 N–H and O–H groups in total. The van der Waals surface area contributed by atoms with E-state index < -0.39 is 11.8 Å². The molecule has 0 aromatic carbocycles. The summed E-state index contributed by atoms with van der Waals surface area (Å²) in [6.07, 6.45) is 14.8. The minimum absolute atomic E-state index is 0.00134. The Balaban J connectivity index is 2.29. The molecular formula is C25H42O5. The summed E-state index contributed by atoms with van der Waals surface area (Å²) in [4.78, 5) is 35.1. The summed E-state index contributed by atoms with van der Waals surface area (Å²) >= 11 is 0. The highest BCUT2D eigenvalue weighted by molar-refractivity contribution is 6.33. The Kier molecular flexibility index (Phi) is 12.8. The summed E-state index contributed by atoms with van der Waals surface area (Å²) < 4.78 is 4.71. The second-order valence-electron chi connectivity index (χ2n) is 9.06. The van der Waals surface area contributed by atoms with E-state index in [9.17, 15) is 19.5 Å². The summed E-state index contributed by atoms with van der Waals surface area (Å²) in [7, 11) is 0. The van der Waals surface area contributed by atoms with Crippen LogP contribution in [0.2, 0.25) is 0 Å². The fourth-order valence-electron chi connectivity index (χ4n) is 4.45. The van der Waals surface area contributed by atoms with Crippen molar-refractivity contribution in [3.63, 3.8) is 0 Å². The normalized spacial score (nSPS) is 21.1. The maximum absolute atomic E-state index is 12.3. The van der Waals surface area contributed by atoms with Gasteiger partial charge in [0, 0.05) is 25.4 Å². The number of esters is 1. The van der Waals surface area contributed by atoms with E-state index in [0.29, 0.717) is 24.5 Å². The van der Waals surface area contributed by atoms with E-state index >= 15 is 0 Å². The van der Waals surface area contributed by atoms with Gasteiger partial charge in [0.2, 0.25) is 5.78 Å². The molecule has 0 aromatic rings. The van der Waals surface area contributed by atoms with Gasteiger partial charge in [-0.3, -0.25) is 9.59 Å². The smallest absolute Gasteiger partial charge is 0.374 e. The molecule has 0 aliphatic heterocycles. The Morgan fingerprint density at radius 3 is 2.57 bits per heavy atom. The average molecular weight is 423 g/mol. The first-order valence-corrected chi connectivity index (χ1v) is 11.9. The van der Waals surface area contributed by atoms with Crippen molar-refractivity contribution in [3.8, 4) is 0 Å². The molecule has 0 heterocycles. The molecule has 1 fully saturated rings. The van der Waals surface area contributed by atoms with Gasteiger partial charge in [-0.15, -0.1) is 0 Å². The molecule has 0 spiro atoms. The van der Waals surface area contributed by atoms with Gasteiger partial charge in [-0.1, -0.05) is 51.7 Å². The first kappa shape index (κ1) is 26.5. The van der Waals surface area contributed by atoms with E-state index in [2.05, 4.69) is 26.0 Å². The fraction of sp³-hybridized carbons (Fsp3) is 0.800. The van der Waals surface area contributed by atoms with Gasteiger partial charge in [0.05, 0.1) is 6.61 Å². The van der Waals surface area contributed by atoms with Crippen LogP contribution in [0.15, 0.2) is 12.2 Å². The van der Waals surface area contributed by atoms with Crippen LogP contribution in [-0.4, -0.2) is 35.9 Å². The van der Waals surface area contributed by atoms with Crippen molar-refractivity contribution in [2.45, 2.75) is 97.8 Å². The summed E-state index contributed by atoms with van der Waals surface area (Å²) in [5.74, 6) is -0.313. The van der Waals surface area contributed by atoms with Crippen LogP contribution < -0.4 is 0 Å². The minimum atomic E-state index is -0.724. The molecule has 0 bridgehead atoms. The molecule has 30 heavy (non-hydrogen) atoms. The van der Waals surface area contributed by atoms with Crippen molar-refractivity contribution in [2.75, 3.05) is 13.2 Å². The predicted molar refractivity (Wildman–Crippen MR) is 119 cm³/mol. The van der Waals surface area contributed by atoms with Crippen molar-refractivity contribution in [3.05, 3.63) is 12.2 Å². The molecule has 5 heteroatoms. The summed E-state index contributed by atoms with van der Waals surface area (Å²) in [6.45, 7) is 6.44.